The Balaban J connectivity index is 2.40. The van der Waals surface area contributed by atoms with Gasteiger partial charge in [-0.2, -0.15) is 0 Å². The number of nitrogens with zero attached hydrogens (tertiary/aromatic N) is 1. The van der Waals surface area contributed by atoms with E-state index in [0.29, 0.717) is 10.2 Å². The number of anilines is 1. The number of nitrogen functional groups attached to an aromatic ring is 1. The molecular formula is C13H10BrFN2O2. The summed E-state index contributed by atoms with van der Waals surface area (Å²) in [5, 5.41) is 0. The van der Waals surface area contributed by atoms with Gasteiger partial charge in [0.15, 0.2) is 11.6 Å². The normalized spacial score (nSPS) is 10.3. The minimum absolute atomic E-state index is 0.199. The maximum atomic E-state index is 13.6. The smallest absolute Gasteiger partial charge is 0.255 e. The number of halogens is 2. The van der Waals surface area contributed by atoms with Crippen LogP contribution in [-0.4, -0.2) is 10.8 Å². The molecule has 2 aromatic rings. The summed E-state index contributed by atoms with van der Waals surface area (Å²) in [6.45, 7) is 1.38. The highest BCUT2D eigenvalue weighted by Crippen LogP contribution is 2.28. The number of benzene rings is 1. The molecule has 0 amide bonds. The van der Waals surface area contributed by atoms with E-state index < -0.39 is 5.82 Å². The molecule has 0 unspecified atom stereocenters. The molecule has 0 radical (unpaired) electrons. The van der Waals surface area contributed by atoms with Gasteiger partial charge in [0.05, 0.1) is 5.56 Å². The molecular weight excluding hydrogens is 315 g/mol. The van der Waals surface area contributed by atoms with E-state index in [1.165, 1.54) is 31.3 Å². The second-order valence-electron chi connectivity index (χ2n) is 3.85. The monoisotopic (exact) mass is 324 g/mol. The van der Waals surface area contributed by atoms with Gasteiger partial charge in [0.2, 0.25) is 0 Å². The minimum Gasteiger partial charge on any atom is -0.436 e. The second-order valence-corrected chi connectivity index (χ2v) is 4.77. The van der Waals surface area contributed by atoms with E-state index in [1.54, 1.807) is 6.07 Å². The fourth-order valence-corrected chi connectivity index (χ4v) is 1.80. The van der Waals surface area contributed by atoms with Crippen LogP contribution in [0.4, 0.5) is 10.1 Å². The molecule has 98 valence electrons. The van der Waals surface area contributed by atoms with Crippen molar-refractivity contribution in [1.29, 1.82) is 0 Å². The lowest BCUT2D eigenvalue weighted by molar-refractivity contribution is 0.101. The lowest BCUT2D eigenvalue weighted by Gasteiger charge is -2.10. The van der Waals surface area contributed by atoms with Gasteiger partial charge < -0.3 is 10.5 Å². The highest BCUT2D eigenvalue weighted by molar-refractivity contribution is 9.10. The summed E-state index contributed by atoms with van der Waals surface area (Å²) in [5.41, 5.74) is 6.32. The Labute approximate surface area is 117 Å². The summed E-state index contributed by atoms with van der Waals surface area (Å²) in [5.74, 6) is -0.827. The number of carbonyl (C=O) groups is 1. The number of ketones is 1. The molecule has 0 saturated carbocycles. The van der Waals surface area contributed by atoms with Gasteiger partial charge in [-0.15, -0.1) is 0 Å². The molecule has 0 spiro atoms. The van der Waals surface area contributed by atoms with Gasteiger partial charge >= 0.3 is 0 Å². The molecule has 2 rings (SSSR count). The van der Waals surface area contributed by atoms with Crippen molar-refractivity contribution in [1.82, 2.24) is 4.98 Å². The SMILES string of the molecule is CC(=O)c1cc(N)ccc1Oc1ncc(Br)cc1F. The summed E-state index contributed by atoms with van der Waals surface area (Å²) in [6, 6.07) is 5.79. The van der Waals surface area contributed by atoms with Crippen molar-refractivity contribution in [3.63, 3.8) is 0 Å². The molecule has 0 saturated heterocycles. The number of nitrogens with two attached hydrogens (primary N) is 1. The predicted octanol–water partition coefficient (Wildman–Crippen LogP) is 3.56. The van der Waals surface area contributed by atoms with Gasteiger partial charge in [-0.25, -0.2) is 9.37 Å². The van der Waals surface area contributed by atoms with Gasteiger partial charge in [-0.05, 0) is 47.1 Å². The summed E-state index contributed by atoms with van der Waals surface area (Å²) >= 11 is 3.10. The Bertz CT molecular complexity index is 647. The Morgan fingerprint density at radius 1 is 1.42 bits per heavy atom. The Kier molecular flexibility index (Phi) is 3.80. The van der Waals surface area contributed by atoms with E-state index in [1.807, 2.05) is 0 Å². The van der Waals surface area contributed by atoms with E-state index in [-0.39, 0.29) is 23.0 Å². The Hall–Kier alpha value is -1.95. The summed E-state index contributed by atoms with van der Waals surface area (Å²) < 4.78 is 19.5. The highest BCUT2D eigenvalue weighted by Gasteiger charge is 2.13. The second kappa shape index (κ2) is 5.36. The summed E-state index contributed by atoms with van der Waals surface area (Å²) in [7, 11) is 0. The zero-order valence-electron chi connectivity index (χ0n) is 9.98. The first kappa shape index (κ1) is 13.5. The van der Waals surface area contributed by atoms with Crippen LogP contribution >= 0.6 is 15.9 Å². The molecule has 19 heavy (non-hydrogen) atoms. The molecule has 0 atom stereocenters. The molecule has 1 aromatic heterocycles. The van der Waals surface area contributed by atoms with Crippen molar-refractivity contribution >= 4 is 27.4 Å². The van der Waals surface area contributed by atoms with Gasteiger partial charge in [0, 0.05) is 16.4 Å². The van der Waals surface area contributed by atoms with Crippen molar-refractivity contribution in [3.05, 3.63) is 46.3 Å². The molecule has 0 bridgehead atoms. The predicted molar refractivity (Wildman–Crippen MR) is 72.8 cm³/mol. The number of aromatic nitrogens is 1. The first-order valence-corrected chi connectivity index (χ1v) is 6.16. The van der Waals surface area contributed by atoms with Crippen LogP contribution in [0.3, 0.4) is 0 Å². The first-order chi connectivity index (χ1) is 8.97. The third kappa shape index (κ3) is 3.08. The van der Waals surface area contributed by atoms with Crippen molar-refractivity contribution in [3.8, 4) is 11.6 Å². The van der Waals surface area contributed by atoms with Crippen LogP contribution in [0.2, 0.25) is 0 Å². The van der Waals surface area contributed by atoms with Crippen molar-refractivity contribution in [2.75, 3.05) is 5.73 Å². The molecule has 0 aliphatic carbocycles. The molecule has 2 N–H and O–H groups in total. The number of Topliss-reactive ketones (excluding diaryl/α,β-unsaturated/α-hetero) is 1. The Morgan fingerprint density at radius 3 is 2.79 bits per heavy atom. The quantitative estimate of drug-likeness (QED) is 0.692. The van der Waals surface area contributed by atoms with Crippen LogP contribution in [0.15, 0.2) is 34.9 Å². The van der Waals surface area contributed by atoms with Gasteiger partial charge in [0.1, 0.15) is 5.75 Å². The zero-order valence-corrected chi connectivity index (χ0v) is 11.6. The van der Waals surface area contributed by atoms with Gasteiger partial charge in [-0.1, -0.05) is 0 Å². The van der Waals surface area contributed by atoms with E-state index >= 15 is 0 Å². The first-order valence-electron chi connectivity index (χ1n) is 5.36. The van der Waals surface area contributed by atoms with Crippen LogP contribution in [0, 0.1) is 5.82 Å². The lowest BCUT2D eigenvalue weighted by atomic mass is 10.1. The number of carbonyl (C=O) groups excluding carboxylic acids is 1. The van der Waals surface area contributed by atoms with E-state index in [2.05, 4.69) is 20.9 Å². The lowest BCUT2D eigenvalue weighted by Crippen LogP contribution is -2.00. The molecule has 1 aromatic carbocycles. The number of ether oxygens (including phenoxy) is 1. The molecule has 4 nitrogen and oxygen atoms in total. The average molecular weight is 325 g/mol. The molecule has 0 aliphatic rings. The summed E-state index contributed by atoms with van der Waals surface area (Å²) in [4.78, 5) is 15.3. The van der Waals surface area contributed by atoms with Crippen LogP contribution < -0.4 is 10.5 Å². The van der Waals surface area contributed by atoms with Crippen LogP contribution in [0.5, 0.6) is 11.6 Å². The van der Waals surface area contributed by atoms with Crippen LogP contribution in [0.25, 0.3) is 0 Å². The fourth-order valence-electron chi connectivity index (χ4n) is 1.49. The number of hydrogen-bond acceptors (Lipinski definition) is 4. The topological polar surface area (TPSA) is 65.2 Å². The van der Waals surface area contributed by atoms with E-state index in [0.717, 1.165) is 0 Å². The van der Waals surface area contributed by atoms with Gasteiger partial charge in [-0.3, -0.25) is 4.79 Å². The minimum atomic E-state index is -0.624. The molecule has 6 heteroatoms. The molecule has 0 aliphatic heterocycles. The third-order valence-electron chi connectivity index (χ3n) is 2.36. The van der Waals surface area contributed by atoms with Crippen LogP contribution in [0.1, 0.15) is 17.3 Å². The maximum absolute atomic E-state index is 13.6. The van der Waals surface area contributed by atoms with Crippen molar-refractivity contribution in [2.45, 2.75) is 6.92 Å². The highest BCUT2D eigenvalue weighted by atomic mass is 79.9. The third-order valence-corrected chi connectivity index (χ3v) is 2.80. The summed E-state index contributed by atoms with van der Waals surface area (Å²) in [6.07, 6.45) is 1.41. The zero-order chi connectivity index (χ0) is 14.0. The van der Waals surface area contributed by atoms with E-state index in [4.69, 9.17) is 10.5 Å². The molecule has 1 heterocycles. The van der Waals surface area contributed by atoms with Crippen LogP contribution in [-0.2, 0) is 0 Å². The Morgan fingerprint density at radius 2 is 2.16 bits per heavy atom. The standard InChI is InChI=1S/C13H10BrFN2O2/c1-7(18)10-5-9(16)2-3-12(10)19-13-11(15)4-8(14)6-17-13/h2-6H,16H2,1H3. The number of hydrogen-bond donors (Lipinski definition) is 1. The van der Waals surface area contributed by atoms with Crippen molar-refractivity contribution in [2.24, 2.45) is 0 Å². The number of rotatable bonds is 3. The number of pyridine rings is 1. The van der Waals surface area contributed by atoms with E-state index in [9.17, 15) is 9.18 Å². The maximum Gasteiger partial charge on any atom is 0.255 e. The van der Waals surface area contributed by atoms with Crippen molar-refractivity contribution < 1.29 is 13.9 Å². The largest absolute Gasteiger partial charge is 0.436 e. The van der Waals surface area contributed by atoms with Gasteiger partial charge in [0.25, 0.3) is 5.88 Å². The molecule has 0 fully saturated rings. The average Bonchev–Trinajstić information content (AvgIpc) is 2.34. The fraction of sp³-hybridized carbons (Fsp3) is 0.0769.